The first kappa shape index (κ1) is 19.1. The number of nitrogens with one attached hydrogen (secondary N) is 1. The number of carbonyl (C=O) groups is 1. The molecule has 0 saturated carbocycles. The number of aryl methyl sites for hydroxylation is 1. The molecule has 2 aromatic carbocycles. The highest BCUT2D eigenvalue weighted by molar-refractivity contribution is 8.00. The molecule has 1 aliphatic heterocycles. The number of anilines is 1. The number of hydrogen-bond acceptors (Lipinski definition) is 4. The highest BCUT2D eigenvalue weighted by Crippen LogP contribution is 2.28. The van der Waals surface area contributed by atoms with Gasteiger partial charge in [0.25, 0.3) is 0 Å². The Labute approximate surface area is 163 Å². The van der Waals surface area contributed by atoms with Crippen LogP contribution in [-0.4, -0.2) is 31.0 Å². The Bertz CT molecular complexity index is 745. The summed E-state index contributed by atoms with van der Waals surface area (Å²) < 4.78 is 11.5. The van der Waals surface area contributed by atoms with E-state index in [2.05, 4.69) is 5.32 Å². The van der Waals surface area contributed by atoms with Crippen LogP contribution in [0.2, 0.25) is 5.02 Å². The molecular weight excluding hydrogens is 370 g/mol. The normalized spacial score (nSPS) is 16.5. The van der Waals surface area contributed by atoms with E-state index in [1.54, 1.807) is 0 Å². The molecule has 0 aromatic heterocycles. The van der Waals surface area contributed by atoms with E-state index in [0.29, 0.717) is 28.8 Å². The standard InChI is InChI=1S/C20H22ClNO3S/c1-14-4-9-18(19(11-14)25-12-16-3-2-10-24-16)22-20(23)13-26-17-7-5-15(21)6-8-17/h4-9,11,16H,2-3,10,12-13H2,1H3,(H,22,23). The molecule has 26 heavy (non-hydrogen) atoms. The SMILES string of the molecule is Cc1ccc(NC(=O)CSc2ccc(Cl)cc2)c(OCC2CCCO2)c1. The average Bonchev–Trinajstić information content (AvgIpc) is 3.15. The lowest BCUT2D eigenvalue weighted by atomic mass is 10.2. The van der Waals surface area contributed by atoms with Gasteiger partial charge >= 0.3 is 0 Å². The summed E-state index contributed by atoms with van der Waals surface area (Å²) in [5.41, 5.74) is 1.77. The molecule has 1 N–H and O–H groups in total. The van der Waals surface area contributed by atoms with Crippen molar-refractivity contribution in [3.05, 3.63) is 53.1 Å². The largest absolute Gasteiger partial charge is 0.489 e. The minimum Gasteiger partial charge on any atom is -0.489 e. The third kappa shape index (κ3) is 5.66. The summed E-state index contributed by atoms with van der Waals surface area (Å²) in [6, 6.07) is 13.2. The van der Waals surface area contributed by atoms with Crippen molar-refractivity contribution < 1.29 is 14.3 Å². The van der Waals surface area contributed by atoms with Gasteiger partial charge in [-0.1, -0.05) is 17.7 Å². The fourth-order valence-electron chi connectivity index (χ4n) is 2.68. The zero-order chi connectivity index (χ0) is 18.4. The number of hydrogen-bond donors (Lipinski definition) is 1. The molecule has 1 atom stereocenters. The number of halogens is 1. The van der Waals surface area contributed by atoms with Crippen molar-refractivity contribution in [2.45, 2.75) is 30.8 Å². The lowest BCUT2D eigenvalue weighted by Crippen LogP contribution is -2.18. The fraction of sp³-hybridized carbons (Fsp3) is 0.350. The maximum absolute atomic E-state index is 12.3. The molecular formula is C20H22ClNO3S. The molecule has 1 amide bonds. The van der Waals surface area contributed by atoms with Crippen LogP contribution in [0.3, 0.4) is 0 Å². The molecule has 0 bridgehead atoms. The smallest absolute Gasteiger partial charge is 0.234 e. The summed E-state index contributed by atoms with van der Waals surface area (Å²) in [6.45, 7) is 3.31. The van der Waals surface area contributed by atoms with Crippen LogP contribution in [0.25, 0.3) is 0 Å². The zero-order valence-electron chi connectivity index (χ0n) is 14.7. The van der Waals surface area contributed by atoms with Gasteiger partial charge in [0.2, 0.25) is 5.91 Å². The number of thioether (sulfide) groups is 1. The predicted octanol–water partition coefficient (Wildman–Crippen LogP) is 4.94. The third-order valence-electron chi connectivity index (χ3n) is 4.04. The van der Waals surface area contributed by atoms with Crippen LogP contribution in [0, 0.1) is 6.92 Å². The summed E-state index contributed by atoms with van der Waals surface area (Å²) in [4.78, 5) is 13.3. The molecule has 138 valence electrons. The quantitative estimate of drug-likeness (QED) is 0.679. The highest BCUT2D eigenvalue weighted by atomic mass is 35.5. The van der Waals surface area contributed by atoms with E-state index in [9.17, 15) is 4.79 Å². The molecule has 1 heterocycles. The van der Waals surface area contributed by atoms with Crippen LogP contribution in [0.4, 0.5) is 5.69 Å². The number of amides is 1. The van der Waals surface area contributed by atoms with Crippen LogP contribution >= 0.6 is 23.4 Å². The molecule has 3 rings (SSSR count). The van der Waals surface area contributed by atoms with E-state index in [0.717, 1.165) is 29.9 Å². The Morgan fingerprint density at radius 3 is 2.85 bits per heavy atom. The van der Waals surface area contributed by atoms with Gasteiger partial charge in [0.1, 0.15) is 12.4 Å². The maximum atomic E-state index is 12.3. The molecule has 1 unspecified atom stereocenters. The molecule has 0 spiro atoms. The van der Waals surface area contributed by atoms with Crippen LogP contribution in [-0.2, 0) is 9.53 Å². The summed E-state index contributed by atoms with van der Waals surface area (Å²) >= 11 is 7.34. The van der Waals surface area contributed by atoms with E-state index in [1.807, 2.05) is 49.4 Å². The van der Waals surface area contributed by atoms with Crippen molar-refractivity contribution in [2.75, 3.05) is 24.3 Å². The second-order valence-corrected chi connectivity index (χ2v) is 7.72. The molecule has 1 fully saturated rings. The van der Waals surface area contributed by atoms with Gasteiger partial charge in [0, 0.05) is 16.5 Å². The van der Waals surface area contributed by atoms with E-state index in [1.165, 1.54) is 11.8 Å². The van der Waals surface area contributed by atoms with E-state index >= 15 is 0 Å². The second-order valence-electron chi connectivity index (χ2n) is 6.24. The molecule has 1 aliphatic rings. The Kier molecular flexibility index (Phi) is 6.83. The van der Waals surface area contributed by atoms with Crippen LogP contribution in [0.1, 0.15) is 18.4 Å². The molecule has 4 nitrogen and oxygen atoms in total. The third-order valence-corrected chi connectivity index (χ3v) is 5.31. The summed E-state index contributed by atoms with van der Waals surface area (Å²) in [5.74, 6) is 0.932. The van der Waals surface area contributed by atoms with Gasteiger partial charge in [0.15, 0.2) is 0 Å². The lowest BCUT2D eigenvalue weighted by Gasteiger charge is -2.16. The minimum atomic E-state index is -0.0734. The average molecular weight is 392 g/mol. The highest BCUT2D eigenvalue weighted by Gasteiger charge is 2.17. The number of rotatable bonds is 7. The first-order valence-corrected chi connectivity index (χ1v) is 10.00. The summed E-state index contributed by atoms with van der Waals surface area (Å²) in [7, 11) is 0. The fourth-order valence-corrected chi connectivity index (χ4v) is 3.50. The van der Waals surface area contributed by atoms with Gasteiger partial charge in [-0.05, 0) is 61.7 Å². The maximum Gasteiger partial charge on any atom is 0.234 e. The molecule has 1 saturated heterocycles. The number of carbonyl (C=O) groups excluding carboxylic acids is 1. The Morgan fingerprint density at radius 1 is 1.31 bits per heavy atom. The van der Waals surface area contributed by atoms with Gasteiger partial charge in [0.05, 0.1) is 17.5 Å². The van der Waals surface area contributed by atoms with Crippen LogP contribution in [0.15, 0.2) is 47.4 Å². The molecule has 2 aromatic rings. The topological polar surface area (TPSA) is 47.6 Å². The Morgan fingerprint density at radius 2 is 2.12 bits per heavy atom. The monoisotopic (exact) mass is 391 g/mol. The van der Waals surface area contributed by atoms with Crippen molar-refractivity contribution in [1.29, 1.82) is 0 Å². The molecule has 0 radical (unpaired) electrons. The second kappa shape index (κ2) is 9.31. The van der Waals surface area contributed by atoms with Crippen molar-refractivity contribution >= 4 is 35.0 Å². The first-order chi connectivity index (χ1) is 12.6. The summed E-state index contributed by atoms with van der Waals surface area (Å²) in [5, 5.41) is 3.63. The van der Waals surface area contributed by atoms with Gasteiger partial charge < -0.3 is 14.8 Å². The Balaban J connectivity index is 1.56. The van der Waals surface area contributed by atoms with Crippen LogP contribution < -0.4 is 10.1 Å². The Hall–Kier alpha value is -1.69. The number of benzene rings is 2. The first-order valence-electron chi connectivity index (χ1n) is 8.63. The van der Waals surface area contributed by atoms with Crippen molar-refractivity contribution in [3.63, 3.8) is 0 Å². The summed E-state index contributed by atoms with van der Waals surface area (Å²) in [6.07, 6.45) is 2.23. The van der Waals surface area contributed by atoms with Gasteiger partial charge in [-0.3, -0.25) is 4.79 Å². The van der Waals surface area contributed by atoms with E-state index in [4.69, 9.17) is 21.1 Å². The van der Waals surface area contributed by atoms with Gasteiger partial charge in [-0.25, -0.2) is 0 Å². The molecule has 6 heteroatoms. The van der Waals surface area contributed by atoms with Crippen molar-refractivity contribution in [2.24, 2.45) is 0 Å². The number of ether oxygens (including phenoxy) is 2. The lowest BCUT2D eigenvalue weighted by molar-refractivity contribution is -0.113. The van der Waals surface area contributed by atoms with E-state index in [-0.39, 0.29) is 12.0 Å². The van der Waals surface area contributed by atoms with Gasteiger partial charge in [-0.15, -0.1) is 11.8 Å². The van der Waals surface area contributed by atoms with Crippen LogP contribution in [0.5, 0.6) is 5.75 Å². The van der Waals surface area contributed by atoms with E-state index < -0.39 is 0 Å². The van der Waals surface area contributed by atoms with Crippen molar-refractivity contribution in [3.8, 4) is 5.75 Å². The molecule has 0 aliphatic carbocycles. The van der Waals surface area contributed by atoms with Crippen molar-refractivity contribution in [1.82, 2.24) is 0 Å². The zero-order valence-corrected chi connectivity index (χ0v) is 16.2. The predicted molar refractivity (Wildman–Crippen MR) is 106 cm³/mol. The van der Waals surface area contributed by atoms with Gasteiger partial charge in [-0.2, -0.15) is 0 Å². The minimum absolute atomic E-state index is 0.0734.